The average molecular weight is 336 g/mol. The fourth-order valence-electron chi connectivity index (χ4n) is 1.77. The molecule has 23 heavy (non-hydrogen) atoms. The van der Waals surface area contributed by atoms with Crippen LogP contribution >= 0.6 is 11.6 Å². The van der Waals surface area contributed by atoms with Crippen molar-refractivity contribution >= 4 is 29.2 Å². The molecule has 0 bridgehead atoms. The molecule has 0 aliphatic carbocycles. The van der Waals surface area contributed by atoms with Crippen molar-refractivity contribution in [2.45, 2.75) is 0 Å². The van der Waals surface area contributed by atoms with Crippen LogP contribution in [0.3, 0.4) is 0 Å². The van der Waals surface area contributed by atoms with Gasteiger partial charge in [0.05, 0.1) is 23.2 Å². The summed E-state index contributed by atoms with van der Waals surface area (Å²) in [7, 11) is 1.13. The normalized spacial score (nSPS) is 10.0. The lowest BCUT2D eigenvalue weighted by atomic mass is 10.1. The Bertz CT molecular complexity index is 789. The highest BCUT2D eigenvalue weighted by molar-refractivity contribution is 6.30. The second kappa shape index (κ2) is 6.89. The van der Waals surface area contributed by atoms with E-state index in [9.17, 15) is 19.7 Å². The molecule has 0 saturated heterocycles. The van der Waals surface area contributed by atoms with Crippen molar-refractivity contribution in [3.8, 4) is 5.75 Å². The van der Waals surface area contributed by atoms with E-state index in [-0.39, 0.29) is 16.9 Å². The minimum atomic E-state index is -0.860. The number of halogens is 1. The third-order valence-electron chi connectivity index (χ3n) is 2.79. The lowest BCUT2D eigenvalue weighted by Crippen LogP contribution is -2.11. The first-order chi connectivity index (χ1) is 10.9. The first-order valence-electron chi connectivity index (χ1n) is 6.26. The maximum absolute atomic E-state index is 12.1. The van der Waals surface area contributed by atoms with Crippen LogP contribution in [0.25, 0.3) is 0 Å². The number of nitrogens with zero attached hydrogens (tertiary/aromatic N) is 1. The highest BCUT2D eigenvalue weighted by Gasteiger charge is 2.19. The van der Waals surface area contributed by atoms with Crippen molar-refractivity contribution in [1.29, 1.82) is 0 Å². The van der Waals surface area contributed by atoms with Crippen LogP contribution in [0.15, 0.2) is 42.5 Å². The lowest BCUT2D eigenvalue weighted by Gasteiger charge is -2.06. The predicted molar refractivity (Wildman–Crippen MR) is 80.8 cm³/mol. The first kappa shape index (κ1) is 16.4. The molecule has 118 valence electrons. The number of hydrogen-bond donors (Lipinski definition) is 0. The number of esters is 2. The van der Waals surface area contributed by atoms with Crippen LogP contribution in [0.1, 0.15) is 20.7 Å². The number of methoxy groups -OCH3 is 1. The van der Waals surface area contributed by atoms with Crippen molar-refractivity contribution in [3.63, 3.8) is 0 Å². The second-order valence-corrected chi connectivity index (χ2v) is 4.80. The van der Waals surface area contributed by atoms with Gasteiger partial charge in [0.25, 0.3) is 5.69 Å². The molecule has 2 rings (SSSR count). The van der Waals surface area contributed by atoms with Gasteiger partial charge in [-0.25, -0.2) is 9.59 Å². The Morgan fingerprint density at radius 3 is 2.30 bits per heavy atom. The maximum atomic E-state index is 12.1. The standard InChI is InChI=1S/C15H10ClNO6/c1-22-14(18)9-5-10(7-12(6-9)17(20)21)15(19)23-13-4-2-3-11(16)8-13/h2-8H,1H3. The molecule has 0 N–H and O–H groups in total. The first-order valence-corrected chi connectivity index (χ1v) is 6.64. The van der Waals surface area contributed by atoms with Gasteiger partial charge in [0.2, 0.25) is 0 Å². The van der Waals surface area contributed by atoms with Gasteiger partial charge in [-0.2, -0.15) is 0 Å². The maximum Gasteiger partial charge on any atom is 0.343 e. The fraction of sp³-hybridized carbons (Fsp3) is 0.0667. The molecular weight excluding hydrogens is 326 g/mol. The van der Waals surface area contributed by atoms with E-state index in [2.05, 4.69) is 4.74 Å². The van der Waals surface area contributed by atoms with Crippen LogP contribution in [0, 0.1) is 10.1 Å². The Labute approximate surface area is 135 Å². The van der Waals surface area contributed by atoms with E-state index >= 15 is 0 Å². The minimum absolute atomic E-state index is 0.125. The molecule has 0 aliphatic rings. The van der Waals surface area contributed by atoms with Gasteiger partial charge in [0.15, 0.2) is 0 Å². The second-order valence-electron chi connectivity index (χ2n) is 4.36. The van der Waals surface area contributed by atoms with Crippen molar-refractivity contribution in [2.24, 2.45) is 0 Å². The molecule has 0 unspecified atom stereocenters. The zero-order valence-electron chi connectivity index (χ0n) is 11.8. The smallest absolute Gasteiger partial charge is 0.343 e. The lowest BCUT2D eigenvalue weighted by molar-refractivity contribution is -0.384. The molecular formula is C15H10ClNO6. The van der Waals surface area contributed by atoms with Crippen LogP contribution in [-0.4, -0.2) is 24.0 Å². The molecule has 0 amide bonds. The van der Waals surface area contributed by atoms with Crippen LogP contribution in [0.2, 0.25) is 5.02 Å². The summed E-state index contributed by atoms with van der Waals surface area (Å²) in [6, 6.07) is 9.29. The fourth-order valence-corrected chi connectivity index (χ4v) is 1.95. The monoisotopic (exact) mass is 335 g/mol. The Kier molecular flexibility index (Phi) is 4.92. The van der Waals surface area contributed by atoms with Gasteiger partial charge >= 0.3 is 11.9 Å². The van der Waals surface area contributed by atoms with Crippen molar-refractivity contribution < 1.29 is 24.0 Å². The van der Waals surface area contributed by atoms with E-state index < -0.39 is 22.5 Å². The molecule has 2 aromatic rings. The van der Waals surface area contributed by atoms with Crippen LogP contribution < -0.4 is 4.74 Å². The summed E-state index contributed by atoms with van der Waals surface area (Å²) < 4.78 is 9.59. The summed E-state index contributed by atoms with van der Waals surface area (Å²) in [6.07, 6.45) is 0. The van der Waals surface area contributed by atoms with Gasteiger partial charge in [-0.3, -0.25) is 10.1 Å². The van der Waals surface area contributed by atoms with Gasteiger partial charge in [-0.15, -0.1) is 0 Å². The number of rotatable bonds is 4. The molecule has 0 spiro atoms. The summed E-state index contributed by atoms with van der Waals surface area (Å²) in [5, 5.41) is 11.3. The number of carbonyl (C=O) groups is 2. The summed E-state index contributed by atoms with van der Waals surface area (Å²) in [5.41, 5.74) is -0.703. The van der Waals surface area contributed by atoms with E-state index in [1.165, 1.54) is 12.1 Å². The topological polar surface area (TPSA) is 95.7 Å². The average Bonchev–Trinajstić information content (AvgIpc) is 2.53. The van der Waals surface area contributed by atoms with Gasteiger partial charge in [0.1, 0.15) is 5.75 Å². The Morgan fingerprint density at radius 2 is 1.74 bits per heavy atom. The summed E-state index contributed by atoms with van der Waals surface area (Å²) in [4.78, 5) is 33.9. The van der Waals surface area contributed by atoms with Gasteiger partial charge in [0, 0.05) is 17.2 Å². The van der Waals surface area contributed by atoms with Crippen molar-refractivity contribution in [3.05, 3.63) is 68.7 Å². The third-order valence-corrected chi connectivity index (χ3v) is 3.03. The number of nitro benzene ring substituents is 1. The molecule has 0 radical (unpaired) electrons. The van der Waals surface area contributed by atoms with Gasteiger partial charge < -0.3 is 9.47 Å². The number of non-ortho nitro benzene ring substituents is 1. The Balaban J connectivity index is 2.37. The number of carbonyl (C=O) groups excluding carboxylic acids is 2. The van der Waals surface area contributed by atoms with Crippen molar-refractivity contribution in [2.75, 3.05) is 7.11 Å². The quantitative estimate of drug-likeness (QED) is 0.368. The summed E-state index contributed by atoms with van der Waals surface area (Å²) >= 11 is 5.78. The van der Waals surface area contributed by atoms with E-state index in [1.54, 1.807) is 12.1 Å². The molecule has 0 fully saturated rings. The summed E-state index contributed by atoms with van der Waals surface area (Å²) in [6.45, 7) is 0. The van der Waals surface area contributed by atoms with Gasteiger partial charge in [-0.1, -0.05) is 17.7 Å². The highest BCUT2D eigenvalue weighted by Crippen LogP contribution is 2.22. The predicted octanol–water partition coefficient (Wildman–Crippen LogP) is 3.25. The minimum Gasteiger partial charge on any atom is -0.465 e. The number of hydrogen-bond acceptors (Lipinski definition) is 6. The molecule has 0 aliphatic heterocycles. The third kappa shape index (κ3) is 4.04. The molecule has 0 atom stereocenters. The molecule has 8 heteroatoms. The van der Waals surface area contributed by atoms with E-state index in [0.717, 1.165) is 25.3 Å². The molecule has 7 nitrogen and oxygen atoms in total. The highest BCUT2D eigenvalue weighted by atomic mass is 35.5. The number of ether oxygens (including phenoxy) is 2. The number of benzene rings is 2. The van der Waals surface area contributed by atoms with E-state index in [0.29, 0.717) is 5.02 Å². The Hall–Kier alpha value is -2.93. The zero-order valence-corrected chi connectivity index (χ0v) is 12.6. The zero-order chi connectivity index (χ0) is 17.0. The molecule has 0 saturated carbocycles. The Morgan fingerprint density at radius 1 is 1.09 bits per heavy atom. The SMILES string of the molecule is COC(=O)c1cc(C(=O)Oc2cccc(Cl)c2)cc([N+](=O)[O-])c1. The molecule has 0 aromatic heterocycles. The van der Waals surface area contributed by atoms with E-state index in [1.807, 2.05) is 0 Å². The van der Waals surface area contributed by atoms with Crippen LogP contribution in [-0.2, 0) is 4.74 Å². The number of nitro groups is 1. The van der Waals surface area contributed by atoms with Crippen LogP contribution in [0.5, 0.6) is 5.75 Å². The largest absolute Gasteiger partial charge is 0.465 e. The van der Waals surface area contributed by atoms with Crippen LogP contribution in [0.4, 0.5) is 5.69 Å². The summed E-state index contributed by atoms with van der Waals surface area (Å²) in [5.74, 6) is -1.49. The van der Waals surface area contributed by atoms with E-state index in [4.69, 9.17) is 16.3 Å². The van der Waals surface area contributed by atoms with Gasteiger partial charge in [-0.05, 0) is 24.3 Å². The van der Waals surface area contributed by atoms with Crippen molar-refractivity contribution in [1.82, 2.24) is 0 Å². The molecule has 0 heterocycles. The molecule has 2 aromatic carbocycles.